The number of nitrogens with one attached hydrogen (secondary N) is 3. The summed E-state index contributed by atoms with van der Waals surface area (Å²) in [6.45, 7) is 8.16. The fourth-order valence-electron chi connectivity index (χ4n) is 3.72. The van der Waals surface area contributed by atoms with Gasteiger partial charge in [0, 0.05) is 23.6 Å². The summed E-state index contributed by atoms with van der Waals surface area (Å²) in [5.41, 5.74) is 3.92. The molecule has 174 valence electrons. The molecule has 2 aromatic rings. The Labute approximate surface area is 194 Å². The van der Waals surface area contributed by atoms with E-state index in [2.05, 4.69) is 16.0 Å². The largest absolute Gasteiger partial charge is 0.463 e. The Hall–Kier alpha value is -3.81. The Bertz CT molecular complexity index is 1060. The fraction of sp³-hybridized carbons (Fsp3) is 0.320. The summed E-state index contributed by atoms with van der Waals surface area (Å²) < 4.78 is 5.28. The van der Waals surface area contributed by atoms with Gasteiger partial charge in [0.1, 0.15) is 0 Å². The molecule has 1 atom stereocenters. The number of amides is 4. The summed E-state index contributed by atoms with van der Waals surface area (Å²) in [4.78, 5) is 39.5. The number of carbonyl (C=O) groups is 3. The second-order valence-corrected chi connectivity index (χ2v) is 7.82. The van der Waals surface area contributed by atoms with Crippen molar-refractivity contribution in [3.63, 3.8) is 0 Å². The number of esters is 1. The Balaban J connectivity index is 1.86. The predicted molar refractivity (Wildman–Crippen MR) is 128 cm³/mol. The molecule has 0 bridgehead atoms. The lowest BCUT2D eigenvalue weighted by atomic mass is 9.94. The number of allylic oxidation sites excluding steroid dienone is 1. The number of hydrogen-bond donors (Lipinski definition) is 3. The average molecular weight is 451 g/mol. The van der Waals surface area contributed by atoms with E-state index >= 15 is 0 Å². The van der Waals surface area contributed by atoms with Crippen LogP contribution in [0.4, 0.5) is 21.0 Å². The van der Waals surface area contributed by atoms with Crippen molar-refractivity contribution in [3.8, 4) is 0 Å². The van der Waals surface area contributed by atoms with Crippen LogP contribution < -0.4 is 16.0 Å². The highest BCUT2D eigenvalue weighted by molar-refractivity contribution is 6.00. The molecule has 0 aliphatic carbocycles. The summed E-state index contributed by atoms with van der Waals surface area (Å²) in [6.07, 6.45) is 0.751. The van der Waals surface area contributed by atoms with Crippen molar-refractivity contribution in [2.75, 3.05) is 23.8 Å². The maximum atomic E-state index is 12.8. The van der Waals surface area contributed by atoms with Gasteiger partial charge < -0.3 is 20.7 Å². The summed E-state index contributed by atoms with van der Waals surface area (Å²) in [5, 5.41) is 8.50. The predicted octanol–water partition coefficient (Wildman–Crippen LogP) is 4.95. The minimum Gasteiger partial charge on any atom is -0.463 e. The van der Waals surface area contributed by atoms with Crippen LogP contribution in [-0.4, -0.2) is 36.1 Å². The third-order valence-electron chi connectivity index (χ3n) is 5.33. The molecule has 33 heavy (non-hydrogen) atoms. The van der Waals surface area contributed by atoms with Crippen molar-refractivity contribution in [1.29, 1.82) is 0 Å². The van der Waals surface area contributed by atoms with Gasteiger partial charge in [-0.25, -0.2) is 14.4 Å². The minimum absolute atomic E-state index is 0.227. The van der Waals surface area contributed by atoms with E-state index < -0.39 is 18.0 Å². The maximum Gasteiger partial charge on any atom is 0.338 e. The molecule has 2 aromatic carbocycles. The molecule has 0 aromatic heterocycles. The van der Waals surface area contributed by atoms with Gasteiger partial charge >= 0.3 is 18.0 Å². The quantitative estimate of drug-likeness (QED) is 0.520. The molecule has 1 aliphatic heterocycles. The Morgan fingerprint density at radius 1 is 1.03 bits per heavy atom. The first-order chi connectivity index (χ1) is 15.8. The summed E-state index contributed by atoms with van der Waals surface area (Å²) >= 11 is 0. The molecule has 1 unspecified atom stereocenters. The van der Waals surface area contributed by atoms with E-state index in [0.29, 0.717) is 34.8 Å². The van der Waals surface area contributed by atoms with Gasteiger partial charge in [0.25, 0.3) is 0 Å². The van der Waals surface area contributed by atoms with Crippen LogP contribution in [-0.2, 0) is 9.53 Å². The number of carbonyl (C=O) groups excluding carboxylic acids is 3. The van der Waals surface area contributed by atoms with Crippen LogP contribution in [0.3, 0.4) is 0 Å². The van der Waals surface area contributed by atoms with Crippen molar-refractivity contribution >= 4 is 29.4 Å². The highest BCUT2D eigenvalue weighted by Gasteiger charge is 2.36. The van der Waals surface area contributed by atoms with E-state index in [-0.39, 0.29) is 12.6 Å². The van der Waals surface area contributed by atoms with Crippen molar-refractivity contribution in [2.24, 2.45) is 0 Å². The highest BCUT2D eigenvalue weighted by Crippen LogP contribution is 2.32. The lowest BCUT2D eigenvalue weighted by Gasteiger charge is -2.35. The van der Waals surface area contributed by atoms with Crippen molar-refractivity contribution < 1.29 is 19.1 Å². The molecule has 8 nitrogen and oxygen atoms in total. The monoisotopic (exact) mass is 450 g/mol. The number of aryl methyl sites for hydroxylation is 1. The lowest BCUT2D eigenvalue weighted by molar-refractivity contribution is -0.139. The van der Waals surface area contributed by atoms with Gasteiger partial charge in [-0.15, -0.1) is 0 Å². The topological polar surface area (TPSA) is 99.8 Å². The van der Waals surface area contributed by atoms with Crippen LogP contribution in [0.15, 0.2) is 59.8 Å². The lowest BCUT2D eigenvalue weighted by Crippen LogP contribution is -2.48. The van der Waals surface area contributed by atoms with E-state index in [1.165, 1.54) is 0 Å². The van der Waals surface area contributed by atoms with E-state index in [9.17, 15) is 14.4 Å². The Morgan fingerprint density at radius 2 is 1.73 bits per heavy atom. The molecule has 0 radical (unpaired) electrons. The fourth-order valence-corrected chi connectivity index (χ4v) is 3.72. The van der Waals surface area contributed by atoms with Crippen LogP contribution in [0.25, 0.3) is 0 Å². The molecule has 1 aliphatic rings. The van der Waals surface area contributed by atoms with Gasteiger partial charge in [-0.05, 0) is 57.0 Å². The zero-order valence-electron chi connectivity index (χ0n) is 19.4. The summed E-state index contributed by atoms with van der Waals surface area (Å²) in [5.74, 6) is -0.475. The highest BCUT2D eigenvalue weighted by atomic mass is 16.5. The third kappa shape index (κ3) is 5.71. The van der Waals surface area contributed by atoms with Crippen molar-refractivity contribution in [1.82, 2.24) is 10.2 Å². The molecule has 8 heteroatoms. The first-order valence-electron chi connectivity index (χ1n) is 11.0. The number of ether oxygens (including phenoxy) is 1. The second kappa shape index (κ2) is 10.7. The van der Waals surface area contributed by atoms with E-state index in [1.54, 1.807) is 43.0 Å². The van der Waals surface area contributed by atoms with Crippen LogP contribution in [0.1, 0.15) is 44.4 Å². The number of anilines is 2. The number of nitrogens with zero attached hydrogens (tertiary/aromatic N) is 1. The van der Waals surface area contributed by atoms with Crippen LogP contribution >= 0.6 is 0 Å². The molecule has 0 spiro atoms. The van der Waals surface area contributed by atoms with Crippen molar-refractivity contribution in [2.45, 2.75) is 40.2 Å². The maximum absolute atomic E-state index is 12.8. The number of benzene rings is 2. The van der Waals surface area contributed by atoms with Crippen LogP contribution in [0.2, 0.25) is 0 Å². The van der Waals surface area contributed by atoms with Gasteiger partial charge in [0.05, 0.1) is 18.2 Å². The van der Waals surface area contributed by atoms with Gasteiger partial charge in [0.15, 0.2) is 0 Å². The molecule has 0 saturated heterocycles. The molecular weight excluding hydrogens is 420 g/mol. The zero-order chi connectivity index (χ0) is 24.0. The van der Waals surface area contributed by atoms with Gasteiger partial charge in [-0.3, -0.25) is 4.90 Å². The molecule has 0 fully saturated rings. The molecule has 4 amide bonds. The number of rotatable bonds is 7. The summed E-state index contributed by atoms with van der Waals surface area (Å²) in [6, 6.07) is 13.2. The number of hydrogen-bond acceptors (Lipinski definition) is 4. The van der Waals surface area contributed by atoms with E-state index in [4.69, 9.17) is 4.74 Å². The van der Waals surface area contributed by atoms with Crippen LogP contribution in [0, 0.1) is 6.92 Å². The Kier molecular flexibility index (Phi) is 7.71. The molecule has 1 heterocycles. The first-order valence-corrected chi connectivity index (χ1v) is 11.0. The zero-order valence-corrected chi connectivity index (χ0v) is 19.4. The van der Waals surface area contributed by atoms with Gasteiger partial charge in [-0.1, -0.05) is 36.8 Å². The standard InChI is InChI=1S/C25H30N4O4/c1-5-14-29-17(4)21(23(30)33-6-2)22(28-25(29)32)18-8-7-9-20(15-18)27-24(31)26-19-12-10-16(3)11-13-19/h7-13,15,22H,5-6,14H2,1-4H3,(H,28,32)(H2,26,27,31). The second-order valence-electron chi connectivity index (χ2n) is 7.82. The van der Waals surface area contributed by atoms with E-state index in [1.807, 2.05) is 38.1 Å². The normalized spacial score (nSPS) is 15.7. The third-order valence-corrected chi connectivity index (χ3v) is 5.33. The number of urea groups is 2. The molecule has 3 rings (SSSR count). The van der Waals surface area contributed by atoms with E-state index in [0.717, 1.165) is 12.0 Å². The smallest absolute Gasteiger partial charge is 0.338 e. The van der Waals surface area contributed by atoms with Gasteiger partial charge in [-0.2, -0.15) is 0 Å². The van der Waals surface area contributed by atoms with Gasteiger partial charge in [0.2, 0.25) is 0 Å². The summed E-state index contributed by atoms with van der Waals surface area (Å²) in [7, 11) is 0. The molecule has 3 N–H and O–H groups in total. The van der Waals surface area contributed by atoms with Crippen LogP contribution in [0.5, 0.6) is 0 Å². The molecule has 0 saturated carbocycles. The Morgan fingerprint density at radius 3 is 2.39 bits per heavy atom. The SMILES string of the molecule is CCCN1C(=O)NC(c2cccc(NC(=O)Nc3ccc(C)cc3)c2)C(C(=O)OCC)=C1C. The average Bonchev–Trinajstić information content (AvgIpc) is 2.78. The molecular formula is C25H30N4O4. The van der Waals surface area contributed by atoms with Crippen molar-refractivity contribution in [3.05, 3.63) is 70.9 Å². The minimum atomic E-state index is -0.688. The first kappa shape index (κ1) is 23.8.